The second-order valence-corrected chi connectivity index (χ2v) is 5.04. The minimum Gasteiger partial charge on any atom is -0.465 e. The summed E-state index contributed by atoms with van der Waals surface area (Å²) in [4.78, 5) is 11.5. The minimum absolute atomic E-state index is 0.0152. The van der Waals surface area contributed by atoms with Crippen LogP contribution in [0.4, 0.5) is 10.1 Å². The van der Waals surface area contributed by atoms with E-state index in [-0.39, 0.29) is 5.56 Å². The molecule has 3 nitrogen and oxygen atoms in total. The predicted octanol–water partition coefficient (Wildman–Crippen LogP) is 3.60. The number of carbonyl (C=O) groups is 1. The Bertz CT molecular complexity index is 461. The predicted molar refractivity (Wildman–Crippen MR) is 72.8 cm³/mol. The fraction of sp³-hybridized carbons (Fsp3) is 0.533. The van der Waals surface area contributed by atoms with Crippen LogP contribution in [0.1, 0.15) is 43.0 Å². The van der Waals surface area contributed by atoms with Gasteiger partial charge >= 0.3 is 5.97 Å². The lowest BCUT2D eigenvalue weighted by atomic mass is 10.0. The van der Waals surface area contributed by atoms with Gasteiger partial charge < -0.3 is 10.1 Å². The zero-order valence-electron chi connectivity index (χ0n) is 11.4. The van der Waals surface area contributed by atoms with E-state index in [9.17, 15) is 9.18 Å². The van der Waals surface area contributed by atoms with Gasteiger partial charge in [0.05, 0.1) is 12.7 Å². The fourth-order valence-electron chi connectivity index (χ4n) is 2.81. The van der Waals surface area contributed by atoms with Crippen LogP contribution in [0.3, 0.4) is 0 Å². The Hall–Kier alpha value is -1.58. The first-order valence-corrected chi connectivity index (χ1v) is 6.80. The number of hydrogen-bond donors (Lipinski definition) is 1. The number of nitrogens with one attached hydrogen (secondary N) is 1. The summed E-state index contributed by atoms with van der Waals surface area (Å²) in [7, 11) is 1.26. The van der Waals surface area contributed by atoms with Crippen molar-refractivity contribution >= 4 is 11.7 Å². The number of carbonyl (C=O) groups excluding carboxylic acids is 1. The molecule has 1 saturated carbocycles. The molecule has 0 spiro atoms. The molecule has 2 unspecified atom stereocenters. The Kier molecular flexibility index (Phi) is 4.40. The topological polar surface area (TPSA) is 38.3 Å². The highest BCUT2D eigenvalue weighted by molar-refractivity contribution is 5.90. The highest BCUT2D eigenvalue weighted by atomic mass is 19.1. The highest BCUT2D eigenvalue weighted by Gasteiger charge is 2.25. The van der Waals surface area contributed by atoms with Crippen molar-refractivity contribution in [3.63, 3.8) is 0 Å². The van der Waals surface area contributed by atoms with Gasteiger partial charge in [0, 0.05) is 11.7 Å². The number of anilines is 1. The van der Waals surface area contributed by atoms with E-state index in [0.29, 0.717) is 12.0 Å². The monoisotopic (exact) mass is 265 g/mol. The van der Waals surface area contributed by atoms with E-state index in [1.54, 1.807) is 6.07 Å². The second kappa shape index (κ2) is 6.04. The minimum atomic E-state index is -0.639. The molecule has 0 saturated heterocycles. The standard InChI is InChI=1S/C15H20FNO2/c1-3-10-5-4-6-14(10)17-11-7-8-13(16)12(9-11)15(18)19-2/h7-10,14,17H,3-6H2,1-2H3. The smallest absolute Gasteiger partial charge is 0.340 e. The van der Waals surface area contributed by atoms with E-state index < -0.39 is 11.8 Å². The van der Waals surface area contributed by atoms with Gasteiger partial charge in [0.1, 0.15) is 5.82 Å². The van der Waals surface area contributed by atoms with Crippen molar-refractivity contribution < 1.29 is 13.9 Å². The molecule has 1 aliphatic carbocycles. The van der Waals surface area contributed by atoms with Crippen LogP contribution in [0, 0.1) is 11.7 Å². The fourth-order valence-corrected chi connectivity index (χ4v) is 2.81. The molecule has 19 heavy (non-hydrogen) atoms. The van der Waals surface area contributed by atoms with E-state index >= 15 is 0 Å². The summed E-state index contributed by atoms with van der Waals surface area (Å²) >= 11 is 0. The van der Waals surface area contributed by atoms with Crippen LogP contribution in [-0.2, 0) is 4.74 Å². The third kappa shape index (κ3) is 3.06. The van der Waals surface area contributed by atoms with E-state index in [1.807, 2.05) is 0 Å². The zero-order valence-corrected chi connectivity index (χ0v) is 11.4. The molecular weight excluding hydrogens is 245 g/mol. The van der Waals surface area contributed by atoms with Gasteiger partial charge in [0.25, 0.3) is 0 Å². The maximum atomic E-state index is 13.5. The normalized spacial score (nSPS) is 22.3. The Morgan fingerprint density at radius 1 is 1.47 bits per heavy atom. The summed E-state index contributed by atoms with van der Waals surface area (Å²) in [5.41, 5.74) is 0.769. The first kappa shape index (κ1) is 13.8. The summed E-state index contributed by atoms with van der Waals surface area (Å²) in [5.74, 6) is -0.526. The van der Waals surface area contributed by atoms with Crippen LogP contribution in [0.15, 0.2) is 18.2 Å². The van der Waals surface area contributed by atoms with E-state index in [1.165, 1.54) is 32.1 Å². The quantitative estimate of drug-likeness (QED) is 0.845. The van der Waals surface area contributed by atoms with Gasteiger partial charge in [-0.3, -0.25) is 0 Å². The third-order valence-corrected chi connectivity index (χ3v) is 3.91. The molecule has 2 atom stereocenters. The molecule has 1 fully saturated rings. The molecule has 2 rings (SSSR count). The van der Waals surface area contributed by atoms with Gasteiger partial charge in [0.2, 0.25) is 0 Å². The SMILES string of the molecule is CCC1CCCC1Nc1ccc(F)c(C(=O)OC)c1. The van der Waals surface area contributed by atoms with Crippen LogP contribution in [0.5, 0.6) is 0 Å². The molecule has 0 bridgehead atoms. The molecule has 0 amide bonds. The molecule has 4 heteroatoms. The van der Waals surface area contributed by atoms with Crippen LogP contribution in [-0.4, -0.2) is 19.1 Å². The number of rotatable bonds is 4. The van der Waals surface area contributed by atoms with Crippen LogP contribution < -0.4 is 5.32 Å². The summed E-state index contributed by atoms with van der Waals surface area (Å²) < 4.78 is 18.1. The molecule has 1 aromatic carbocycles. The van der Waals surface area contributed by atoms with Crippen molar-refractivity contribution in [2.24, 2.45) is 5.92 Å². The van der Waals surface area contributed by atoms with Crippen molar-refractivity contribution in [3.05, 3.63) is 29.6 Å². The van der Waals surface area contributed by atoms with Crippen LogP contribution >= 0.6 is 0 Å². The first-order chi connectivity index (χ1) is 9.15. The van der Waals surface area contributed by atoms with Gasteiger partial charge in [-0.1, -0.05) is 19.8 Å². The van der Waals surface area contributed by atoms with Crippen molar-refractivity contribution in [2.45, 2.75) is 38.6 Å². The van der Waals surface area contributed by atoms with Crippen LogP contribution in [0.25, 0.3) is 0 Å². The lowest BCUT2D eigenvalue weighted by Gasteiger charge is -2.21. The summed E-state index contributed by atoms with van der Waals surface area (Å²) in [6.07, 6.45) is 4.73. The van der Waals surface area contributed by atoms with Crippen molar-refractivity contribution in [3.8, 4) is 0 Å². The molecule has 0 radical (unpaired) electrons. The molecule has 104 valence electrons. The molecule has 1 aliphatic rings. The maximum absolute atomic E-state index is 13.5. The number of benzene rings is 1. The largest absolute Gasteiger partial charge is 0.465 e. The van der Waals surface area contributed by atoms with Gasteiger partial charge in [-0.25, -0.2) is 9.18 Å². The zero-order chi connectivity index (χ0) is 13.8. The molecule has 0 aromatic heterocycles. The molecule has 1 aromatic rings. The van der Waals surface area contributed by atoms with Crippen molar-refractivity contribution in [1.82, 2.24) is 0 Å². The van der Waals surface area contributed by atoms with Crippen molar-refractivity contribution in [2.75, 3.05) is 12.4 Å². The van der Waals surface area contributed by atoms with E-state index in [4.69, 9.17) is 0 Å². The second-order valence-electron chi connectivity index (χ2n) is 5.04. The molecule has 1 N–H and O–H groups in total. The van der Waals surface area contributed by atoms with Gasteiger partial charge in [-0.15, -0.1) is 0 Å². The number of esters is 1. The summed E-state index contributed by atoms with van der Waals surface area (Å²) in [5, 5.41) is 3.41. The van der Waals surface area contributed by atoms with Crippen LogP contribution in [0.2, 0.25) is 0 Å². The average molecular weight is 265 g/mol. The third-order valence-electron chi connectivity index (χ3n) is 3.91. The van der Waals surface area contributed by atoms with Gasteiger partial charge in [-0.05, 0) is 37.0 Å². The van der Waals surface area contributed by atoms with Gasteiger partial charge in [0.15, 0.2) is 0 Å². The van der Waals surface area contributed by atoms with Gasteiger partial charge in [-0.2, -0.15) is 0 Å². The first-order valence-electron chi connectivity index (χ1n) is 6.80. The molecule has 0 aliphatic heterocycles. The van der Waals surface area contributed by atoms with E-state index in [0.717, 1.165) is 18.5 Å². The molecular formula is C15H20FNO2. The molecule has 0 heterocycles. The highest BCUT2D eigenvalue weighted by Crippen LogP contribution is 2.31. The number of hydrogen-bond acceptors (Lipinski definition) is 3. The summed E-state index contributed by atoms with van der Waals surface area (Å²) in [6, 6.07) is 4.93. The Morgan fingerprint density at radius 3 is 2.95 bits per heavy atom. The van der Waals surface area contributed by atoms with E-state index in [2.05, 4.69) is 17.0 Å². The Labute approximate surface area is 113 Å². The number of ether oxygens (including phenoxy) is 1. The number of methoxy groups -OCH3 is 1. The maximum Gasteiger partial charge on any atom is 0.340 e. The lowest BCUT2D eigenvalue weighted by Crippen LogP contribution is -2.23. The Balaban J connectivity index is 2.15. The summed E-state index contributed by atoms with van der Waals surface area (Å²) in [6.45, 7) is 2.19. The average Bonchev–Trinajstić information content (AvgIpc) is 2.87. The number of halogens is 1. The Morgan fingerprint density at radius 2 is 2.26 bits per heavy atom. The van der Waals surface area contributed by atoms with Crippen molar-refractivity contribution in [1.29, 1.82) is 0 Å². The lowest BCUT2D eigenvalue weighted by molar-refractivity contribution is 0.0595.